The quantitative estimate of drug-likeness (QED) is 0.715. The summed E-state index contributed by atoms with van der Waals surface area (Å²) >= 11 is 0. The summed E-state index contributed by atoms with van der Waals surface area (Å²) in [5, 5.41) is 0. The van der Waals surface area contributed by atoms with E-state index >= 15 is 0 Å². The standard InChI is InChI=1S/C16H28N2O2/c1-14(2)13-18(10-4-9-17)11-12-20-16-7-5-15(19-3)6-8-16/h5-8,14H,4,9-13,17H2,1-3H3. The van der Waals surface area contributed by atoms with Crippen molar-refractivity contribution in [2.75, 3.05) is 39.9 Å². The summed E-state index contributed by atoms with van der Waals surface area (Å²) in [7, 11) is 1.66. The zero-order chi connectivity index (χ0) is 14.8. The van der Waals surface area contributed by atoms with E-state index in [1.54, 1.807) is 7.11 Å². The van der Waals surface area contributed by atoms with Crippen LogP contribution in [0.2, 0.25) is 0 Å². The molecule has 0 spiro atoms. The minimum atomic E-state index is 0.661. The van der Waals surface area contributed by atoms with E-state index in [-0.39, 0.29) is 0 Å². The Morgan fingerprint density at radius 1 is 1.10 bits per heavy atom. The molecule has 0 saturated heterocycles. The maximum absolute atomic E-state index is 5.77. The fourth-order valence-corrected chi connectivity index (χ4v) is 2.09. The fraction of sp³-hybridized carbons (Fsp3) is 0.625. The molecule has 0 saturated carbocycles. The Kier molecular flexibility index (Phi) is 8.07. The molecule has 0 unspecified atom stereocenters. The zero-order valence-electron chi connectivity index (χ0n) is 13.0. The van der Waals surface area contributed by atoms with Crippen LogP contribution in [0.3, 0.4) is 0 Å². The highest BCUT2D eigenvalue weighted by molar-refractivity contribution is 5.31. The highest BCUT2D eigenvalue weighted by atomic mass is 16.5. The molecule has 0 bridgehead atoms. The number of methoxy groups -OCH3 is 1. The molecule has 0 amide bonds. The first-order chi connectivity index (χ1) is 9.65. The molecule has 0 aliphatic rings. The van der Waals surface area contributed by atoms with Gasteiger partial charge in [0.1, 0.15) is 18.1 Å². The lowest BCUT2D eigenvalue weighted by molar-refractivity contribution is 0.192. The van der Waals surface area contributed by atoms with E-state index < -0.39 is 0 Å². The summed E-state index contributed by atoms with van der Waals surface area (Å²) < 4.78 is 10.9. The molecule has 20 heavy (non-hydrogen) atoms. The second-order valence-corrected chi connectivity index (χ2v) is 5.36. The maximum Gasteiger partial charge on any atom is 0.119 e. The van der Waals surface area contributed by atoms with Crippen LogP contribution in [0.1, 0.15) is 20.3 Å². The SMILES string of the molecule is COc1ccc(OCCN(CCCN)CC(C)C)cc1. The van der Waals surface area contributed by atoms with E-state index in [4.69, 9.17) is 15.2 Å². The lowest BCUT2D eigenvalue weighted by Gasteiger charge is -2.24. The van der Waals surface area contributed by atoms with E-state index in [0.29, 0.717) is 12.5 Å². The molecule has 0 aromatic heterocycles. The Bertz CT molecular complexity index is 352. The van der Waals surface area contributed by atoms with Gasteiger partial charge in [-0.1, -0.05) is 13.8 Å². The van der Waals surface area contributed by atoms with Gasteiger partial charge in [0.2, 0.25) is 0 Å². The molecule has 4 heteroatoms. The van der Waals surface area contributed by atoms with Gasteiger partial charge >= 0.3 is 0 Å². The number of benzene rings is 1. The van der Waals surface area contributed by atoms with Gasteiger partial charge in [-0.15, -0.1) is 0 Å². The molecule has 1 aromatic carbocycles. The summed E-state index contributed by atoms with van der Waals surface area (Å²) in [5.41, 5.74) is 5.58. The first kappa shape index (κ1) is 16.8. The van der Waals surface area contributed by atoms with Crippen molar-refractivity contribution in [3.8, 4) is 11.5 Å². The Hall–Kier alpha value is -1.26. The molecule has 0 aliphatic heterocycles. The van der Waals surface area contributed by atoms with E-state index in [9.17, 15) is 0 Å². The van der Waals surface area contributed by atoms with Gasteiger partial charge in [-0.2, -0.15) is 0 Å². The number of hydrogen-bond acceptors (Lipinski definition) is 4. The summed E-state index contributed by atoms with van der Waals surface area (Å²) in [5.74, 6) is 2.39. The molecule has 0 heterocycles. The van der Waals surface area contributed by atoms with Crippen molar-refractivity contribution in [3.63, 3.8) is 0 Å². The fourth-order valence-electron chi connectivity index (χ4n) is 2.09. The van der Waals surface area contributed by atoms with E-state index in [2.05, 4.69) is 18.7 Å². The normalized spacial score (nSPS) is 11.1. The van der Waals surface area contributed by atoms with Crippen LogP contribution in [0.15, 0.2) is 24.3 Å². The van der Waals surface area contributed by atoms with Gasteiger partial charge in [-0.3, -0.25) is 4.90 Å². The Morgan fingerprint density at radius 3 is 2.30 bits per heavy atom. The third-order valence-corrected chi connectivity index (χ3v) is 3.04. The molecular weight excluding hydrogens is 252 g/mol. The smallest absolute Gasteiger partial charge is 0.119 e. The number of nitrogens with two attached hydrogens (primary N) is 1. The summed E-state index contributed by atoms with van der Waals surface area (Å²) in [6.45, 7) is 8.98. The number of hydrogen-bond donors (Lipinski definition) is 1. The van der Waals surface area contributed by atoms with Crippen LogP contribution in [-0.2, 0) is 0 Å². The Labute approximate surface area is 122 Å². The monoisotopic (exact) mass is 280 g/mol. The average molecular weight is 280 g/mol. The lowest BCUT2D eigenvalue weighted by Crippen LogP contribution is -2.33. The molecule has 1 aromatic rings. The molecule has 2 N–H and O–H groups in total. The lowest BCUT2D eigenvalue weighted by atomic mass is 10.2. The van der Waals surface area contributed by atoms with E-state index in [1.165, 1.54) is 0 Å². The largest absolute Gasteiger partial charge is 0.497 e. The van der Waals surface area contributed by atoms with Gasteiger partial charge in [0.05, 0.1) is 7.11 Å². The van der Waals surface area contributed by atoms with E-state index in [0.717, 1.165) is 44.1 Å². The Morgan fingerprint density at radius 2 is 1.75 bits per heavy atom. The van der Waals surface area contributed by atoms with Gasteiger partial charge in [0.15, 0.2) is 0 Å². The van der Waals surface area contributed by atoms with Crippen molar-refractivity contribution < 1.29 is 9.47 Å². The van der Waals surface area contributed by atoms with Crippen molar-refractivity contribution in [2.24, 2.45) is 11.7 Å². The number of nitrogens with zero attached hydrogens (tertiary/aromatic N) is 1. The molecule has 0 radical (unpaired) electrons. The van der Waals surface area contributed by atoms with Crippen molar-refractivity contribution in [3.05, 3.63) is 24.3 Å². The highest BCUT2D eigenvalue weighted by Crippen LogP contribution is 2.16. The molecule has 4 nitrogen and oxygen atoms in total. The Balaban J connectivity index is 2.34. The van der Waals surface area contributed by atoms with Crippen molar-refractivity contribution in [1.82, 2.24) is 4.90 Å². The van der Waals surface area contributed by atoms with Gasteiger partial charge in [0.25, 0.3) is 0 Å². The van der Waals surface area contributed by atoms with Crippen LogP contribution in [0.5, 0.6) is 11.5 Å². The molecule has 1 rings (SSSR count). The molecule has 114 valence electrons. The zero-order valence-corrected chi connectivity index (χ0v) is 13.0. The first-order valence-electron chi connectivity index (χ1n) is 7.35. The van der Waals surface area contributed by atoms with Crippen molar-refractivity contribution in [1.29, 1.82) is 0 Å². The summed E-state index contributed by atoms with van der Waals surface area (Å²) in [6, 6.07) is 7.70. The third-order valence-electron chi connectivity index (χ3n) is 3.04. The topological polar surface area (TPSA) is 47.7 Å². The van der Waals surface area contributed by atoms with E-state index in [1.807, 2.05) is 24.3 Å². The molecule has 0 atom stereocenters. The van der Waals surface area contributed by atoms with Gasteiger partial charge < -0.3 is 15.2 Å². The first-order valence-corrected chi connectivity index (χ1v) is 7.35. The average Bonchev–Trinajstić information content (AvgIpc) is 2.44. The second-order valence-electron chi connectivity index (χ2n) is 5.36. The van der Waals surface area contributed by atoms with Crippen molar-refractivity contribution >= 4 is 0 Å². The minimum Gasteiger partial charge on any atom is -0.497 e. The number of ether oxygens (including phenoxy) is 2. The van der Waals surface area contributed by atoms with Crippen LogP contribution in [-0.4, -0.2) is 44.8 Å². The molecule has 0 fully saturated rings. The maximum atomic E-state index is 5.77. The van der Waals surface area contributed by atoms with Crippen LogP contribution >= 0.6 is 0 Å². The molecular formula is C16H28N2O2. The molecule has 0 aliphatic carbocycles. The summed E-state index contributed by atoms with van der Waals surface area (Å²) in [6.07, 6.45) is 1.04. The minimum absolute atomic E-state index is 0.661. The number of rotatable bonds is 10. The van der Waals surface area contributed by atoms with Crippen LogP contribution in [0.4, 0.5) is 0 Å². The highest BCUT2D eigenvalue weighted by Gasteiger charge is 2.07. The van der Waals surface area contributed by atoms with Gasteiger partial charge in [0, 0.05) is 13.1 Å². The van der Waals surface area contributed by atoms with Crippen LogP contribution < -0.4 is 15.2 Å². The second kappa shape index (κ2) is 9.61. The summed E-state index contributed by atoms with van der Waals surface area (Å²) in [4.78, 5) is 2.42. The van der Waals surface area contributed by atoms with Gasteiger partial charge in [-0.05, 0) is 49.7 Å². The van der Waals surface area contributed by atoms with Crippen LogP contribution in [0.25, 0.3) is 0 Å². The predicted molar refractivity (Wildman–Crippen MR) is 83.4 cm³/mol. The predicted octanol–water partition coefficient (Wildman–Crippen LogP) is 2.38. The van der Waals surface area contributed by atoms with Crippen LogP contribution in [0, 0.1) is 5.92 Å². The van der Waals surface area contributed by atoms with Crippen molar-refractivity contribution in [2.45, 2.75) is 20.3 Å². The third kappa shape index (κ3) is 6.78. The van der Waals surface area contributed by atoms with Gasteiger partial charge in [-0.25, -0.2) is 0 Å².